The van der Waals surface area contributed by atoms with Gasteiger partial charge in [-0.1, -0.05) is 39.7 Å². The highest BCUT2D eigenvalue weighted by molar-refractivity contribution is 9.10. The van der Waals surface area contributed by atoms with E-state index in [9.17, 15) is 0 Å². The minimum absolute atomic E-state index is 0.715. The fourth-order valence-electron chi connectivity index (χ4n) is 3.96. The van der Waals surface area contributed by atoms with Gasteiger partial charge in [0.2, 0.25) is 0 Å². The summed E-state index contributed by atoms with van der Waals surface area (Å²) >= 11 is 3.51. The molecule has 4 nitrogen and oxygen atoms in total. The average Bonchev–Trinajstić information content (AvgIpc) is 2.69. The van der Waals surface area contributed by atoms with Crippen LogP contribution < -0.4 is 4.90 Å². The summed E-state index contributed by atoms with van der Waals surface area (Å²) in [4.78, 5) is 14.6. The van der Waals surface area contributed by atoms with Gasteiger partial charge in [-0.15, -0.1) is 0 Å². The Hall–Kier alpha value is -1.98. The Labute approximate surface area is 175 Å². The number of likely N-dealkylation sites (tertiary alicyclic amines) is 1. The summed E-state index contributed by atoms with van der Waals surface area (Å²) < 4.78 is 1.06. The number of fused-ring (bicyclic) bond motifs is 1. The van der Waals surface area contributed by atoms with E-state index in [2.05, 4.69) is 77.1 Å². The first-order chi connectivity index (χ1) is 13.5. The minimum Gasteiger partial charge on any atom is -0.359 e. The van der Waals surface area contributed by atoms with Crippen LogP contribution in [-0.2, 0) is 0 Å². The van der Waals surface area contributed by atoms with Crippen LogP contribution >= 0.6 is 15.9 Å². The summed E-state index contributed by atoms with van der Waals surface area (Å²) in [7, 11) is 4.39. The number of hydrogen-bond donors (Lipinski definition) is 0. The Morgan fingerprint density at radius 1 is 1.07 bits per heavy atom. The lowest BCUT2D eigenvalue weighted by Gasteiger charge is -2.32. The second-order valence-electron chi connectivity index (χ2n) is 8.03. The lowest BCUT2D eigenvalue weighted by molar-refractivity contribution is 0.222. The molecule has 0 spiro atoms. The fraction of sp³-hybridized carbons (Fsp3) is 0.391. The van der Waals surface area contributed by atoms with E-state index in [-0.39, 0.29) is 0 Å². The largest absolute Gasteiger partial charge is 0.359 e. The van der Waals surface area contributed by atoms with E-state index in [1.54, 1.807) is 0 Å². The summed E-state index contributed by atoms with van der Waals surface area (Å²) in [5, 5.41) is 1.14. The summed E-state index contributed by atoms with van der Waals surface area (Å²) in [5.41, 5.74) is 3.28. The van der Waals surface area contributed by atoms with Crippen LogP contribution in [0, 0.1) is 12.8 Å². The molecule has 3 aromatic rings. The van der Waals surface area contributed by atoms with Gasteiger partial charge in [-0.2, -0.15) is 0 Å². The van der Waals surface area contributed by atoms with Crippen molar-refractivity contribution < 1.29 is 0 Å². The number of aromatic nitrogens is 2. The smallest absolute Gasteiger partial charge is 0.162 e. The van der Waals surface area contributed by atoms with Gasteiger partial charge in [0, 0.05) is 29.0 Å². The van der Waals surface area contributed by atoms with E-state index >= 15 is 0 Å². The molecule has 0 aliphatic carbocycles. The molecule has 1 saturated heterocycles. The number of benzene rings is 2. The quantitative estimate of drug-likeness (QED) is 0.563. The topological polar surface area (TPSA) is 32.3 Å². The fourth-order valence-corrected chi connectivity index (χ4v) is 4.23. The van der Waals surface area contributed by atoms with Crippen LogP contribution in [0.4, 0.5) is 5.82 Å². The second kappa shape index (κ2) is 8.18. The number of hydrogen-bond acceptors (Lipinski definition) is 4. The van der Waals surface area contributed by atoms with Crippen molar-refractivity contribution in [1.29, 1.82) is 0 Å². The molecular weight excluding hydrogens is 412 g/mol. The van der Waals surface area contributed by atoms with E-state index < -0.39 is 0 Å². The summed E-state index contributed by atoms with van der Waals surface area (Å²) in [6.07, 6.45) is 2.50. The average molecular weight is 439 g/mol. The Morgan fingerprint density at radius 3 is 2.50 bits per heavy atom. The molecule has 1 aliphatic rings. The van der Waals surface area contributed by atoms with Crippen LogP contribution in [0.1, 0.15) is 18.4 Å². The zero-order valence-corrected chi connectivity index (χ0v) is 18.4. The Morgan fingerprint density at radius 2 is 1.79 bits per heavy atom. The standard InChI is InChI=1S/C23H27BrN4/c1-16-4-9-21-20(14-16)23(28(3)15-17-10-12-27(2)13-11-17)26-22(25-21)18-5-7-19(24)8-6-18/h4-9,14,17H,10-13,15H2,1-3H3. The Balaban J connectivity index is 1.72. The number of piperidine rings is 1. The molecule has 0 atom stereocenters. The molecule has 2 aromatic carbocycles. The van der Waals surface area contributed by atoms with Crippen LogP contribution in [-0.4, -0.2) is 48.6 Å². The van der Waals surface area contributed by atoms with Crippen molar-refractivity contribution in [1.82, 2.24) is 14.9 Å². The molecule has 28 heavy (non-hydrogen) atoms. The third-order valence-electron chi connectivity index (χ3n) is 5.67. The van der Waals surface area contributed by atoms with Crippen LogP contribution in [0.3, 0.4) is 0 Å². The molecule has 1 aromatic heterocycles. The van der Waals surface area contributed by atoms with Gasteiger partial charge in [0.05, 0.1) is 5.52 Å². The van der Waals surface area contributed by atoms with E-state index in [1.807, 2.05) is 12.1 Å². The van der Waals surface area contributed by atoms with Gasteiger partial charge >= 0.3 is 0 Å². The van der Waals surface area contributed by atoms with Gasteiger partial charge in [-0.05, 0) is 70.1 Å². The summed E-state index contributed by atoms with van der Waals surface area (Å²) in [6.45, 7) is 5.54. The van der Waals surface area contributed by atoms with E-state index in [0.29, 0.717) is 5.92 Å². The number of rotatable bonds is 4. The lowest BCUT2D eigenvalue weighted by Crippen LogP contribution is -2.36. The maximum Gasteiger partial charge on any atom is 0.162 e. The van der Waals surface area contributed by atoms with Gasteiger partial charge in [0.1, 0.15) is 5.82 Å². The van der Waals surface area contributed by atoms with E-state index in [4.69, 9.17) is 9.97 Å². The van der Waals surface area contributed by atoms with Gasteiger partial charge in [0.25, 0.3) is 0 Å². The normalized spacial score (nSPS) is 15.9. The van der Waals surface area contributed by atoms with E-state index in [0.717, 1.165) is 39.1 Å². The third-order valence-corrected chi connectivity index (χ3v) is 6.19. The monoisotopic (exact) mass is 438 g/mol. The molecule has 5 heteroatoms. The SMILES string of the molecule is Cc1ccc2nc(-c3ccc(Br)cc3)nc(N(C)CC3CCN(C)CC3)c2c1. The molecule has 0 radical (unpaired) electrons. The van der Waals surface area contributed by atoms with E-state index in [1.165, 1.54) is 31.5 Å². The van der Waals surface area contributed by atoms with Crippen LogP contribution in [0.5, 0.6) is 0 Å². The van der Waals surface area contributed by atoms with Crippen molar-refractivity contribution in [3.63, 3.8) is 0 Å². The van der Waals surface area contributed by atoms with Crippen molar-refractivity contribution >= 4 is 32.7 Å². The highest BCUT2D eigenvalue weighted by Gasteiger charge is 2.20. The first kappa shape index (κ1) is 19.3. The molecule has 0 saturated carbocycles. The molecule has 4 rings (SSSR count). The predicted octanol–water partition coefficient (Wildman–Crippen LogP) is 5.15. The zero-order valence-electron chi connectivity index (χ0n) is 16.8. The van der Waals surface area contributed by atoms with Crippen molar-refractivity contribution in [3.8, 4) is 11.4 Å². The highest BCUT2D eigenvalue weighted by Crippen LogP contribution is 2.30. The molecule has 0 amide bonds. The lowest BCUT2D eigenvalue weighted by atomic mass is 9.96. The molecular formula is C23H27BrN4. The Kier molecular flexibility index (Phi) is 5.65. The number of anilines is 1. The van der Waals surface area contributed by atoms with Crippen LogP contribution in [0.25, 0.3) is 22.3 Å². The number of aryl methyl sites for hydroxylation is 1. The van der Waals surface area contributed by atoms with Crippen molar-refractivity contribution in [2.24, 2.45) is 5.92 Å². The van der Waals surface area contributed by atoms with Gasteiger partial charge in [0.15, 0.2) is 5.82 Å². The van der Waals surface area contributed by atoms with Crippen LogP contribution in [0.15, 0.2) is 46.9 Å². The molecule has 1 aliphatic heterocycles. The maximum atomic E-state index is 5.01. The van der Waals surface area contributed by atoms with Gasteiger partial charge in [-0.3, -0.25) is 0 Å². The number of nitrogens with zero attached hydrogens (tertiary/aromatic N) is 4. The second-order valence-corrected chi connectivity index (χ2v) is 8.94. The van der Waals surface area contributed by atoms with Crippen molar-refractivity contribution in [3.05, 3.63) is 52.5 Å². The van der Waals surface area contributed by atoms with Crippen LogP contribution in [0.2, 0.25) is 0 Å². The number of halogens is 1. The first-order valence-electron chi connectivity index (χ1n) is 9.93. The Bertz CT molecular complexity index is 962. The first-order valence-corrected chi connectivity index (χ1v) is 10.7. The molecule has 0 unspecified atom stereocenters. The maximum absolute atomic E-state index is 5.01. The highest BCUT2D eigenvalue weighted by atomic mass is 79.9. The minimum atomic E-state index is 0.715. The van der Waals surface area contributed by atoms with Gasteiger partial charge < -0.3 is 9.80 Å². The molecule has 0 N–H and O–H groups in total. The molecule has 1 fully saturated rings. The molecule has 0 bridgehead atoms. The third kappa shape index (κ3) is 4.20. The molecule has 146 valence electrons. The zero-order chi connectivity index (χ0) is 19.7. The summed E-state index contributed by atoms with van der Waals surface area (Å²) in [6, 6.07) is 14.7. The van der Waals surface area contributed by atoms with Crippen molar-refractivity contribution in [2.45, 2.75) is 19.8 Å². The van der Waals surface area contributed by atoms with Crippen molar-refractivity contribution in [2.75, 3.05) is 38.6 Å². The summed E-state index contributed by atoms with van der Waals surface area (Å²) in [5.74, 6) is 2.53. The molecule has 2 heterocycles. The predicted molar refractivity (Wildman–Crippen MR) is 121 cm³/mol. The van der Waals surface area contributed by atoms with Gasteiger partial charge in [-0.25, -0.2) is 9.97 Å².